The Kier molecular flexibility index (Phi) is 11.9. The van der Waals surface area contributed by atoms with Crippen LogP contribution >= 0.6 is 34.5 Å². The van der Waals surface area contributed by atoms with Crippen molar-refractivity contribution in [1.82, 2.24) is 4.57 Å². The van der Waals surface area contributed by atoms with E-state index in [2.05, 4.69) is 9.73 Å². The molecule has 2 heterocycles. The average Bonchev–Trinajstić information content (AvgIpc) is 3.41. The first-order chi connectivity index (χ1) is 24.1. The fraction of sp³-hybridized carbons (Fsp3) is 0.278. The molecule has 0 spiro atoms. The summed E-state index contributed by atoms with van der Waals surface area (Å²) in [5.41, 5.74) is 2.31. The summed E-state index contributed by atoms with van der Waals surface area (Å²) in [6.45, 7) is 5.54. The van der Waals surface area contributed by atoms with Crippen LogP contribution in [0.25, 0.3) is 6.08 Å². The second-order valence-electron chi connectivity index (χ2n) is 10.8. The van der Waals surface area contributed by atoms with Crippen molar-refractivity contribution in [2.75, 3.05) is 34.0 Å². The average molecular weight is 742 g/mol. The highest BCUT2D eigenvalue weighted by Crippen LogP contribution is 2.37. The van der Waals surface area contributed by atoms with E-state index in [1.54, 1.807) is 75.4 Å². The van der Waals surface area contributed by atoms with E-state index in [-0.39, 0.29) is 31.0 Å². The van der Waals surface area contributed by atoms with Crippen molar-refractivity contribution in [3.05, 3.63) is 112 Å². The number of carbonyl (C=O) groups excluding carboxylic acids is 2. The number of carbonyl (C=O) groups is 2. The van der Waals surface area contributed by atoms with Crippen LogP contribution in [0.5, 0.6) is 23.0 Å². The van der Waals surface area contributed by atoms with Gasteiger partial charge in [0.2, 0.25) is 0 Å². The fourth-order valence-electron chi connectivity index (χ4n) is 5.22. The number of hydrogen-bond donors (Lipinski definition) is 0. The molecule has 5 rings (SSSR count). The SMILES string of the molecule is CCOC(=O)C1=C(C)N=c2s/c(=C\c3ccc(OCc4ccc(Cl)c(Cl)c4)c(OC)c3)c(=O)n2[C@@H]1c1ccc(OCC(=O)OC)c(OCC)c1. The van der Waals surface area contributed by atoms with E-state index in [4.69, 9.17) is 46.9 Å². The van der Waals surface area contributed by atoms with E-state index in [0.29, 0.717) is 65.8 Å². The minimum absolute atomic E-state index is 0.131. The van der Waals surface area contributed by atoms with Crippen molar-refractivity contribution >= 4 is 52.6 Å². The molecule has 1 atom stereocenters. The van der Waals surface area contributed by atoms with Crippen molar-refractivity contribution in [1.29, 1.82) is 0 Å². The van der Waals surface area contributed by atoms with Gasteiger partial charge < -0.3 is 28.4 Å². The highest BCUT2D eigenvalue weighted by Gasteiger charge is 2.34. The number of aromatic nitrogens is 1. The number of hydrogen-bond acceptors (Lipinski definition) is 11. The largest absolute Gasteiger partial charge is 0.493 e. The van der Waals surface area contributed by atoms with Crippen molar-refractivity contribution < 1.29 is 38.0 Å². The van der Waals surface area contributed by atoms with Crippen LogP contribution in [0.3, 0.4) is 0 Å². The number of nitrogens with zero attached hydrogens (tertiary/aromatic N) is 2. The standard InChI is InChI=1S/C36H34Cl2N2O9S/c1-6-46-29-17-23(10-13-27(29)49-19-31(41)45-5)33-32(35(43)47-7-2)20(3)39-36-40(33)34(42)30(50-36)16-21-9-12-26(28(15-21)44-4)48-18-22-8-11-24(37)25(38)14-22/h8-17,33H,6-7,18-19H2,1-5H3/b30-16-/t33-/m1/s1. The molecule has 0 aliphatic carbocycles. The maximum Gasteiger partial charge on any atom is 0.343 e. The summed E-state index contributed by atoms with van der Waals surface area (Å²) < 4.78 is 35.0. The lowest BCUT2D eigenvalue weighted by Crippen LogP contribution is -2.40. The van der Waals surface area contributed by atoms with E-state index >= 15 is 0 Å². The summed E-state index contributed by atoms with van der Waals surface area (Å²) in [5, 5.41) is 0.885. The molecule has 262 valence electrons. The molecule has 0 fully saturated rings. The molecule has 0 amide bonds. The van der Waals surface area contributed by atoms with Gasteiger partial charge in [-0.3, -0.25) is 9.36 Å². The van der Waals surface area contributed by atoms with Crippen LogP contribution in [-0.2, 0) is 25.7 Å². The van der Waals surface area contributed by atoms with Crippen LogP contribution in [-0.4, -0.2) is 50.5 Å². The van der Waals surface area contributed by atoms with Crippen LogP contribution in [0.4, 0.5) is 0 Å². The molecule has 0 saturated heterocycles. The third-order valence-corrected chi connectivity index (χ3v) is 9.26. The normalized spacial score (nSPS) is 14.1. The Morgan fingerprint density at radius 3 is 2.36 bits per heavy atom. The highest BCUT2D eigenvalue weighted by atomic mass is 35.5. The third-order valence-electron chi connectivity index (χ3n) is 7.54. The molecule has 0 saturated carbocycles. The van der Waals surface area contributed by atoms with Gasteiger partial charge >= 0.3 is 11.9 Å². The predicted molar refractivity (Wildman–Crippen MR) is 189 cm³/mol. The lowest BCUT2D eigenvalue weighted by atomic mass is 9.95. The molecule has 0 radical (unpaired) electrons. The topological polar surface area (TPSA) is 124 Å². The van der Waals surface area contributed by atoms with Gasteiger partial charge in [0.1, 0.15) is 6.61 Å². The Hall–Kier alpha value is -4.78. The molecular weight excluding hydrogens is 707 g/mol. The summed E-state index contributed by atoms with van der Waals surface area (Å²) in [5.74, 6) is 0.416. The first-order valence-corrected chi connectivity index (χ1v) is 17.1. The van der Waals surface area contributed by atoms with E-state index in [1.165, 1.54) is 30.1 Å². The lowest BCUT2D eigenvalue weighted by Gasteiger charge is -2.25. The van der Waals surface area contributed by atoms with Crippen molar-refractivity contribution in [3.8, 4) is 23.0 Å². The number of allylic oxidation sites excluding steroid dienone is 1. The Labute approximate surface area is 301 Å². The second-order valence-corrected chi connectivity index (χ2v) is 12.6. The number of benzene rings is 3. The minimum atomic E-state index is -0.895. The second kappa shape index (κ2) is 16.3. The predicted octanol–water partition coefficient (Wildman–Crippen LogP) is 5.64. The number of halogens is 2. The number of thiazole rings is 1. The summed E-state index contributed by atoms with van der Waals surface area (Å²) in [7, 11) is 2.79. The molecule has 11 nitrogen and oxygen atoms in total. The van der Waals surface area contributed by atoms with Gasteiger partial charge in [-0.25, -0.2) is 14.6 Å². The monoisotopic (exact) mass is 740 g/mol. The van der Waals surface area contributed by atoms with Gasteiger partial charge in [-0.15, -0.1) is 0 Å². The molecular formula is C36H34Cl2N2O9S. The quantitative estimate of drug-likeness (QED) is 0.160. The van der Waals surface area contributed by atoms with Crippen molar-refractivity contribution in [2.45, 2.75) is 33.4 Å². The fourth-order valence-corrected chi connectivity index (χ4v) is 6.59. The van der Waals surface area contributed by atoms with E-state index in [1.807, 2.05) is 6.07 Å². The zero-order valence-corrected chi connectivity index (χ0v) is 30.2. The number of ether oxygens (including phenoxy) is 6. The first-order valence-electron chi connectivity index (χ1n) is 15.5. The molecule has 0 unspecified atom stereocenters. The van der Waals surface area contributed by atoms with Crippen LogP contribution in [0, 0.1) is 0 Å². The van der Waals surface area contributed by atoms with E-state index in [0.717, 1.165) is 5.56 Å². The Balaban J connectivity index is 1.55. The third kappa shape index (κ3) is 7.99. The highest BCUT2D eigenvalue weighted by molar-refractivity contribution is 7.07. The van der Waals surface area contributed by atoms with Gasteiger partial charge in [0, 0.05) is 0 Å². The Morgan fingerprint density at radius 2 is 1.66 bits per heavy atom. The number of rotatable bonds is 13. The Bertz CT molecular complexity index is 2140. The van der Waals surface area contributed by atoms with Gasteiger partial charge in [-0.2, -0.15) is 0 Å². The maximum absolute atomic E-state index is 14.2. The van der Waals surface area contributed by atoms with Crippen LogP contribution in [0.2, 0.25) is 10.0 Å². The van der Waals surface area contributed by atoms with Gasteiger partial charge in [0.15, 0.2) is 34.4 Å². The van der Waals surface area contributed by atoms with E-state index in [9.17, 15) is 14.4 Å². The molecule has 50 heavy (non-hydrogen) atoms. The van der Waals surface area contributed by atoms with Gasteiger partial charge in [0.05, 0.1) is 59.3 Å². The van der Waals surface area contributed by atoms with Crippen molar-refractivity contribution in [3.63, 3.8) is 0 Å². The molecule has 1 aliphatic heterocycles. The zero-order valence-electron chi connectivity index (χ0n) is 27.9. The maximum atomic E-state index is 14.2. The van der Waals surface area contributed by atoms with Gasteiger partial charge in [-0.1, -0.05) is 52.7 Å². The summed E-state index contributed by atoms with van der Waals surface area (Å²) in [4.78, 5) is 44.3. The summed E-state index contributed by atoms with van der Waals surface area (Å²) in [6.07, 6.45) is 1.73. The van der Waals surface area contributed by atoms with Crippen LogP contribution in [0.15, 0.2) is 75.7 Å². The van der Waals surface area contributed by atoms with Gasteiger partial charge in [-0.05, 0) is 79.9 Å². The molecule has 4 aromatic rings. The lowest BCUT2D eigenvalue weighted by molar-refractivity contribution is -0.143. The van der Waals surface area contributed by atoms with Gasteiger partial charge in [0.25, 0.3) is 5.56 Å². The van der Waals surface area contributed by atoms with Crippen LogP contribution in [0.1, 0.15) is 43.5 Å². The first kappa shape index (κ1) is 36.5. The summed E-state index contributed by atoms with van der Waals surface area (Å²) >= 11 is 13.4. The minimum Gasteiger partial charge on any atom is -0.493 e. The number of esters is 2. The zero-order chi connectivity index (χ0) is 35.9. The molecule has 14 heteroatoms. The van der Waals surface area contributed by atoms with Crippen molar-refractivity contribution in [2.24, 2.45) is 4.99 Å². The summed E-state index contributed by atoms with van der Waals surface area (Å²) in [6, 6.07) is 14.7. The number of methoxy groups -OCH3 is 2. The van der Waals surface area contributed by atoms with Crippen LogP contribution < -0.4 is 33.8 Å². The smallest absolute Gasteiger partial charge is 0.343 e. The number of fused-ring (bicyclic) bond motifs is 1. The molecule has 3 aromatic carbocycles. The van der Waals surface area contributed by atoms with E-state index < -0.39 is 18.0 Å². The molecule has 0 N–H and O–H groups in total. The molecule has 1 aliphatic rings. The molecule has 0 bridgehead atoms. The molecule has 1 aromatic heterocycles. The Morgan fingerprint density at radius 1 is 0.900 bits per heavy atom.